The lowest BCUT2D eigenvalue weighted by atomic mass is 10.1. The van der Waals surface area contributed by atoms with E-state index in [9.17, 15) is 14.4 Å². The summed E-state index contributed by atoms with van der Waals surface area (Å²) in [4.78, 5) is 37.9. The van der Waals surface area contributed by atoms with E-state index in [1.54, 1.807) is 36.4 Å². The highest BCUT2D eigenvalue weighted by Gasteiger charge is 2.36. The zero-order valence-corrected chi connectivity index (χ0v) is 19.0. The Morgan fingerprint density at radius 1 is 1.16 bits per heavy atom. The van der Waals surface area contributed by atoms with Gasteiger partial charge in [0.2, 0.25) is 0 Å². The Morgan fingerprint density at radius 2 is 1.88 bits per heavy atom. The third-order valence-corrected chi connectivity index (χ3v) is 5.81. The van der Waals surface area contributed by atoms with Gasteiger partial charge in [0, 0.05) is 0 Å². The maximum Gasteiger partial charge on any atom is 0.344 e. The molecule has 0 aliphatic carbocycles. The molecular weight excluding hydrogens is 430 g/mol. The van der Waals surface area contributed by atoms with E-state index < -0.39 is 12.1 Å². The highest BCUT2D eigenvalue weighted by molar-refractivity contribution is 8.19. The number of carboxylic acid groups (broad SMARTS) is 1. The first-order valence-corrected chi connectivity index (χ1v) is 11.1. The SMILES string of the molecule is CCCCc1ccc(N2C(=O)S/C(=C/c3ccc(OC(C)C(=O)O)c(OC)c3)C2=O)cc1. The van der Waals surface area contributed by atoms with Crippen LogP contribution in [0.4, 0.5) is 10.5 Å². The Balaban J connectivity index is 1.80. The van der Waals surface area contributed by atoms with Crippen LogP contribution in [0.15, 0.2) is 47.4 Å². The highest BCUT2D eigenvalue weighted by atomic mass is 32.2. The van der Waals surface area contributed by atoms with Gasteiger partial charge in [0.25, 0.3) is 11.1 Å². The summed E-state index contributed by atoms with van der Waals surface area (Å²) in [5.41, 5.74) is 2.34. The van der Waals surface area contributed by atoms with E-state index in [1.807, 2.05) is 12.1 Å². The van der Waals surface area contributed by atoms with E-state index in [4.69, 9.17) is 14.6 Å². The summed E-state index contributed by atoms with van der Waals surface area (Å²) in [6.45, 7) is 3.55. The largest absolute Gasteiger partial charge is 0.493 e. The number of carbonyl (C=O) groups is 3. The number of hydrogen-bond acceptors (Lipinski definition) is 6. The van der Waals surface area contributed by atoms with Gasteiger partial charge in [-0.3, -0.25) is 9.59 Å². The monoisotopic (exact) mass is 455 g/mol. The van der Waals surface area contributed by atoms with Gasteiger partial charge in [-0.25, -0.2) is 9.69 Å². The number of amides is 2. The predicted octanol–water partition coefficient (Wildman–Crippen LogP) is 5.13. The molecule has 2 aromatic rings. The number of rotatable bonds is 9. The second-order valence-corrected chi connectivity index (χ2v) is 8.29. The molecule has 0 saturated carbocycles. The van der Waals surface area contributed by atoms with Gasteiger partial charge in [-0.2, -0.15) is 0 Å². The molecule has 3 rings (SSSR count). The van der Waals surface area contributed by atoms with Crippen LogP contribution < -0.4 is 14.4 Å². The molecule has 1 aliphatic rings. The Labute approximate surface area is 191 Å². The van der Waals surface area contributed by atoms with Crippen LogP contribution in [-0.2, 0) is 16.0 Å². The number of ether oxygens (including phenoxy) is 2. The first-order valence-electron chi connectivity index (χ1n) is 10.3. The smallest absolute Gasteiger partial charge is 0.344 e. The molecule has 1 aliphatic heterocycles. The summed E-state index contributed by atoms with van der Waals surface area (Å²) in [5.74, 6) is -0.882. The molecule has 2 aromatic carbocycles. The Hall–Kier alpha value is -3.26. The molecule has 168 valence electrons. The first kappa shape index (κ1) is 23.4. The lowest BCUT2D eigenvalue weighted by molar-refractivity contribution is -0.144. The molecule has 7 nitrogen and oxygen atoms in total. The number of imide groups is 1. The number of unbranched alkanes of at least 4 members (excludes halogenated alkanes) is 1. The number of aliphatic carboxylic acids is 1. The van der Waals surface area contributed by atoms with Gasteiger partial charge < -0.3 is 14.6 Å². The first-order chi connectivity index (χ1) is 15.3. The van der Waals surface area contributed by atoms with Crippen LogP contribution in [0.25, 0.3) is 6.08 Å². The van der Waals surface area contributed by atoms with Crippen molar-refractivity contribution < 1.29 is 29.0 Å². The Kier molecular flexibility index (Phi) is 7.58. The van der Waals surface area contributed by atoms with Gasteiger partial charge in [-0.05, 0) is 73.0 Å². The van der Waals surface area contributed by atoms with E-state index in [0.29, 0.717) is 21.9 Å². The molecule has 1 heterocycles. The normalized spacial score (nSPS) is 15.8. The molecule has 1 N–H and O–H groups in total. The van der Waals surface area contributed by atoms with E-state index in [1.165, 1.54) is 24.5 Å². The van der Waals surface area contributed by atoms with Crippen LogP contribution in [0, 0.1) is 0 Å². The second-order valence-electron chi connectivity index (χ2n) is 7.30. The van der Waals surface area contributed by atoms with Crippen molar-refractivity contribution in [3.63, 3.8) is 0 Å². The zero-order valence-electron chi connectivity index (χ0n) is 18.2. The summed E-state index contributed by atoms with van der Waals surface area (Å²) in [6, 6.07) is 12.3. The van der Waals surface area contributed by atoms with Gasteiger partial charge in [-0.15, -0.1) is 0 Å². The third-order valence-electron chi connectivity index (χ3n) is 4.94. The zero-order chi connectivity index (χ0) is 23.3. The molecule has 0 bridgehead atoms. The average molecular weight is 456 g/mol. The number of carbonyl (C=O) groups excluding carboxylic acids is 2. The van der Waals surface area contributed by atoms with Gasteiger partial charge >= 0.3 is 5.97 Å². The van der Waals surface area contributed by atoms with Crippen molar-refractivity contribution in [2.45, 2.75) is 39.2 Å². The minimum Gasteiger partial charge on any atom is -0.493 e. The van der Waals surface area contributed by atoms with Gasteiger partial charge in [0.15, 0.2) is 17.6 Å². The van der Waals surface area contributed by atoms with Crippen molar-refractivity contribution >= 4 is 40.6 Å². The van der Waals surface area contributed by atoms with Crippen molar-refractivity contribution in [3.8, 4) is 11.5 Å². The number of hydrogen-bond donors (Lipinski definition) is 1. The fourth-order valence-corrected chi connectivity index (χ4v) is 3.99. The molecule has 0 radical (unpaired) electrons. The van der Waals surface area contributed by atoms with Crippen molar-refractivity contribution in [3.05, 3.63) is 58.5 Å². The molecule has 1 saturated heterocycles. The summed E-state index contributed by atoms with van der Waals surface area (Å²) < 4.78 is 10.7. The van der Waals surface area contributed by atoms with Crippen molar-refractivity contribution in [1.29, 1.82) is 0 Å². The minimum atomic E-state index is -1.09. The Bertz CT molecular complexity index is 1050. The number of thioether (sulfide) groups is 1. The molecule has 1 unspecified atom stereocenters. The maximum atomic E-state index is 12.9. The van der Waals surface area contributed by atoms with Crippen LogP contribution in [0.5, 0.6) is 11.5 Å². The predicted molar refractivity (Wildman–Crippen MR) is 124 cm³/mol. The average Bonchev–Trinajstić information content (AvgIpc) is 3.06. The number of aryl methyl sites for hydroxylation is 1. The number of nitrogens with zero attached hydrogens (tertiary/aromatic N) is 1. The lowest BCUT2D eigenvalue weighted by Crippen LogP contribution is -2.27. The lowest BCUT2D eigenvalue weighted by Gasteiger charge is -2.14. The quantitative estimate of drug-likeness (QED) is 0.524. The van der Waals surface area contributed by atoms with Crippen LogP contribution in [0.2, 0.25) is 0 Å². The molecule has 0 aromatic heterocycles. The fourth-order valence-electron chi connectivity index (χ4n) is 3.15. The van der Waals surface area contributed by atoms with Crippen LogP contribution in [0.3, 0.4) is 0 Å². The van der Waals surface area contributed by atoms with E-state index in [2.05, 4.69) is 6.92 Å². The fraction of sp³-hybridized carbons (Fsp3) is 0.292. The topological polar surface area (TPSA) is 93.1 Å². The summed E-state index contributed by atoms with van der Waals surface area (Å²) in [7, 11) is 1.44. The van der Waals surface area contributed by atoms with Crippen molar-refractivity contribution in [1.82, 2.24) is 0 Å². The maximum absolute atomic E-state index is 12.9. The summed E-state index contributed by atoms with van der Waals surface area (Å²) >= 11 is 0.871. The van der Waals surface area contributed by atoms with Crippen LogP contribution >= 0.6 is 11.8 Å². The van der Waals surface area contributed by atoms with Gasteiger partial charge in [0.1, 0.15) is 0 Å². The third kappa shape index (κ3) is 5.31. The standard InChI is InChI=1S/C24H25NO6S/c1-4-5-6-16-7-10-18(11-8-16)25-22(26)21(32-24(25)29)14-17-9-12-19(20(13-17)30-3)31-15(2)23(27)28/h7-15H,4-6H2,1-3H3,(H,27,28)/b21-14+. The number of methoxy groups -OCH3 is 1. The van der Waals surface area contributed by atoms with Crippen molar-refractivity contribution in [2.75, 3.05) is 12.0 Å². The number of carboxylic acids is 1. The summed E-state index contributed by atoms with van der Waals surface area (Å²) in [6.07, 6.45) is 3.72. The number of benzene rings is 2. The van der Waals surface area contributed by atoms with Gasteiger partial charge in [0.05, 0.1) is 17.7 Å². The molecular formula is C24H25NO6S. The second kappa shape index (κ2) is 10.4. The molecule has 0 spiro atoms. The highest BCUT2D eigenvalue weighted by Crippen LogP contribution is 2.37. The summed E-state index contributed by atoms with van der Waals surface area (Å²) in [5, 5.41) is 8.67. The molecule has 8 heteroatoms. The molecule has 1 fully saturated rings. The minimum absolute atomic E-state index is 0.274. The van der Waals surface area contributed by atoms with Gasteiger partial charge in [-0.1, -0.05) is 31.5 Å². The van der Waals surface area contributed by atoms with Crippen molar-refractivity contribution in [2.24, 2.45) is 0 Å². The molecule has 32 heavy (non-hydrogen) atoms. The van der Waals surface area contributed by atoms with E-state index in [-0.39, 0.29) is 16.9 Å². The van der Waals surface area contributed by atoms with Crippen LogP contribution in [0.1, 0.15) is 37.8 Å². The number of anilines is 1. The van der Waals surface area contributed by atoms with E-state index >= 15 is 0 Å². The van der Waals surface area contributed by atoms with Crippen LogP contribution in [-0.4, -0.2) is 35.4 Å². The molecule has 1 atom stereocenters. The Morgan fingerprint density at radius 3 is 2.50 bits per heavy atom. The van der Waals surface area contributed by atoms with E-state index in [0.717, 1.165) is 31.0 Å². The molecule has 2 amide bonds.